The van der Waals surface area contributed by atoms with Gasteiger partial charge in [-0.15, -0.1) is 0 Å². The minimum atomic E-state index is 0.866. The van der Waals surface area contributed by atoms with Crippen LogP contribution in [0.25, 0.3) is 0 Å². The normalized spacial score (nSPS) is 11.2. The van der Waals surface area contributed by atoms with E-state index >= 15 is 0 Å². The molecular formula is C13H29NO2. The first-order chi connectivity index (χ1) is 7.81. The molecule has 98 valence electrons. The average molecular weight is 231 g/mol. The van der Waals surface area contributed by atoms with Crippen LogP contribution in [0.4, 0.5) is 0 Å². The van der Waals surface area contributed by atoms with E-state index in [4.69, 9.17) is 9.47 Å². The van der Waals surface area contributed by atoms with Gasteiger partial charge in [-0.3, -0.25) is 0 Å². The van der Waals surface area contributed by atoms with Gasteiger partial charge in [0.15, 0.2) is 0 Å². The molecule has 0 aromatic heterocycles. The molecule has 0 bridgehead atoms. The lowest BCUT2D eigenvalue weighted by molar-refractivity contribution is 0.106. The van der Waals surface area contributed by atoms with Crippen molar-refractivity contribution in [2.45, 2.75) is 39.0 Å². The standard InChI is InChI=1S/C13H29NO2/c1-4-5-9-14(2)10-13-16-12-8-6-7-11-15-3/h4-13H2,1-3H3. The molecule has 0 heterocycles. The van der Waals surface area contributed by atoms with Crippen molar-refractivity contribution in [1.82, 2.24) is 4.90 Å². The van der Waals surface area contributed by atoms with Crippen LogP contribution < -0.4 is 0 Å². The topological polar surface area (TPSA) is 21.7 Å². The maximum Gasteiger partial charge on any atom is 0.0593 e. The molecule has 3 heteroatoms. The SMILES string of the molecule is CCCCN(C)CCOCCCCCOC. The van der Waals surface area contributed by atoms with Crippen LogP contribution in [0.3, 0.4) is 0 Å². The summed E-state index contributed by atoms with van der Waals surface area (Å²) in [6.07, 6.45) is 6.07. The number of nitrogens with zero attached hydrogens (tertiary/aromatic N) is 1. The van der Waals surface area contributed by atoms with Gasteiger partial charge in [-0.2, -0.15) is 0 Å². The largest absolute Gasteiger partial charge is 0.385 e. The average Bonchev–Trinajstić information content (AvgIpc) is 2.30. The zero-order chi connectivity index (χ0) is 12.1. The van der Waals surface area contributed by atoms with Crippen molar-refractivity contribution in [3.05, 3.63) is 0 Å². The molecule has 0 fully saturated rings. The molecule has 0 aromatic rings. The molecule has 3 nitrogen and oxygen atoms in total. The number of hydrogen-bond acceptors (Lipinski definition) is 3. The van der Waals surface area contributed by atoms with Gasteiger partial charge in [0, 0.05) is 26.9 Å². The van der Waals surface area contributed by atoms with E-state index in [1.54, 1.807) is 7.11 Å². The number of ether oxygens (including phenoxy) is 2. The maximum absolute atomic E-state index is 5.58. The third-order valence-electron chi connectivity index (χ3n) is 2.65. The summed E-state index contributed by atoms with van der Waals surface area (Å²) in [6, 6.07) is 0. The van der Waals surface area contributed by atoms with Crippen LogP contribution in [0.15, 0.2) is 0 Å². The molecule has 0 N–H and O–H groups in total. The van der Waals surface area contributed by atoms with Gasteiger partial charge in [-0.05, 0) is 39.3 Å². The van der Waals surface area contributed by atoms with Gasteiger partial charge in [0.05, 0.1) is 6.61 Å². The Morgan fingerprint density at radius 1 is 0.875 bits per heavy atom. The van der Waals surface area contributed by atoms with Gasteiger partial charge < -0.3 is 14.4 Å². The summed E-state index contributed by atoms with van der Waals surface area (Å²) in [5.41, 5.74) is 0. The van der Waals surface area contributed by atoms with Gasteiger partial charge in [-0.25, -0.2) is 0 Å². The third kappa shape index (κ3) is 12.0. The van der Waals surface area contributed by atoms with E-state index < -0.39 is 0 Å². The fourth-order valence-corrected chi connectivity index (χ4v) is 1.49. The highest BCUT2D eigenvalue weighted by Crippen LogP contribution is 1.96. The van der Waals surface area contributed by atoms with Crippen LogP contribution in [0.5, 0.6) is 0 Å². The summed E-state index contributed by atoms with van der Waals surface area (Å²) in [5.74, 6) is 0. The van der Waals surface area contributed by atoms with Crippen molar-refractivity contribution >= 4 is 0 Å². The summed E-state index contributed by atoms with van der Waals surface area (Å²) in [6.45, 7) is 7.10. The maximum atomic E-state index is 5.58. The lowest BCUT2D eigenvalue weighted by Gasteiger charge is -2.15. The van der Waals surface area contributed by atoms with Crippen molar-refractivity contribution in [1.29, 1.82) is 0 Å². The highest BCUT2D eigenvalue weighted by molar-refractivity contribution is 4.50. The highest BCUT2D eigenvalue weighted by atomic mass is 16.5. The van der Waals surface area contributed by atoms with Crippen molar-refractivity contribution in [2.24, 2.45) is 0 Å². The van der Waals surface area contributed by atoms with Crippen LogP contribution in [-0.4, -0.2) is 52.0 Å². The molecule has 16 heavy (non-hydrogen) atoms. The van der Waals surface area contributed by atoms with Crippen molar-refractivity contribution in [3.63, 3.8) is 0 Å². The van der Waals surface area contributed by atoms with E-state index in [0.29, 0.717) is 0 Å². The third-order valence-corrected chi connectivity index (χ3v) is 2.65. The molecule has 0 amide bonds. The quantitative estimate of drug-likeness (QED) is 0.482. The van der Waals surface area contributed by atoms with E-state index in [0.717, 1.165) is 39.2 Å². The summed E-state index contributed by atoms with van der Waals surface area (Å²) < 4.78 is 10.6. The Bertz CT molecular complexity index is 131. The van der Waals surface area contributed by atoms with Gasteiger partial charge in [0.25, 0.3) is 0 Å². The second kappa shape index (κ2) is 12.9. The van der Waals surface area contributed by atoms with E-state index in [1.165, 1.54) is 25.8 Å². The summed E-state index contributed by atoms with van der Waals surface area (Å²) in [5, 5.41) is 0. The zero-order valence-corrected chi connectivity index (χ0v) is 11.3. The second-order valence-corrected chi connectivity index (χ2v) is 4.32. The van der Waals surface area contributed by atoms with Crippen molar-refractivity contribution in [3.8, 4) is 0 Å². The summed E-state index contributed by atoms with van der Waals surface area (Å²) >= 11 is 0. The molecule has 0 aliphatic heterocycles. The van der Waals surface area contributed by atoms with Crippen molar-refractivity contribution < 1.29 is 9.47 Å². The molecule has 0 saturated heterocycles. The van der Waals surface area contributed by atoms with Gasteiger partial charge in [0.1, 0.15) is 0 Å². The van der Waals surface area contributed by atoms with Crippen molar-refractivity contribution in [2.75, 3.05) is 47.1 Å². The number of hydrogen-bond donors (Lipinski definition) is 0. The van der Waals surface area contributed by atoms with Crippen LogP contribution >= 0.6 is 0 Å². The fraction of sp³-hybridized carbons (Fsp3) is 1.00. The zero-order valence-electron chi connectivity index (χ0n) is 11.3. The Morgan fingerprint density at radius 2 is 1.62 bits per heavy atom. The molecular weight excluding hydrogens is 202 g/mol. The van der Waals surface area contributed by atoms with Gasteiger partial charge >= 0.3 is 0 Å². The van der Waals surface area contributed by atoms with Gasteiger partial charge in [0.2, 0.25) is 0 Å². The predicted octanol–water partition coefficient (Wildman–Crippen LogP) is 2.55. The number of likely N-dealkylation sites (N-methyl/N-ethyl adjacent to an activating group) is 1. The summed E-state index contributed by atoms with van der Waals surface area (Å²) in [4.78, 5) is 2.34. The van der Waals surface area contributed by atoms with E-state index in [1.807, 2.05) is 0 Å². The first-order valence-electron chi connectivity index (χ1n) is 6.56. The monoisotopic (exact) mass is 231 g/mol. The van der Waals surface area contributed by atoms with Crippen LogP contribution in [0.2, 0.25) is 0 Å². The first kappa shape index (κ1) is 15.9. The Morgan fingerprint density at radius 3 is 2.31 bits per heavy atom. The van der Waals surface area contributed by atoms with Crippen LogP contribution in [0.1, 0.15) is 39.0 Å². The molecule has 0 spiro atoms. The highest BCUT2D eigenvalue weighted by Gasteiger charge is 1.97. The van der Waals surface area contributed by atoms with E-state index in [-0.39, 0.29) is 0 Å². The predicted molar refractivity (Wildman–Crippen MR) is 69.0 cm³/mol. The Labute approximate surface area is 101 Å². The smallest absolute Gasteiger partial charge is 0.0593 e. The second-order valence-electron chi connectivity index (χ2n) is 4.32. The van der Waals surface area contributed by atoms with Gasteiger partial charge in [-0.1, -0.05) is 13.3 Å². The molecule has 0 atom stereocenters. The first-order valence-corrected chi connectivity index (χ1v) is 6.56. The molecule has 0 unspecified atom stereocenters. The Balaban J connectivity index is 3.02. The van der Waals surface area contributed by atoms with Crippen LogP contribution in [0, 0.1) is 0 Å². The minimum absolute atomic E-state index is 0.866. The minimum Gasteiger partial charge on any atom is -0.385 e. The summed E-state index contributed by atoms with van der Waals surface area (Å²) in [7, 11) is 3.92. The van der Waals surface area contributed by atoms with E-state index in [9.17, 15) is 0 Å². The Hall–Kier alpha value is -0.120. The molecule has 0 aromatic carbocycles. The van der Waals surface area contributed by atoms with Crippen LogP contribution in [-0.2, 0) is 9.47 Å². The molecule has 0 aliphatic rings. The lowest BCUT2D eigenvalue weighted by Crippen LogP contribution is -2.24. The molecule has 0 rings (SSSR count). The fourth-order valence-electron chi connectivity index (χ4n) is 1.49. The Kier molecular flexibility index (Phi) is 12.9. The molecule has 0 saturated carbocycles. The lowest BCUT2D eigenvalue weighted by atomic mass is 10.2. The number of methoxy groups -OCH3 is 1. The van der Waals surface area contributed by atoms with E-state index in [2.05, 4.69) is 18.9 Å². The number of rotatable bonds is 12. The molecule has 0 aliphatic carbocycles. The number of unbranched alkanes of at least 4 members (excludes halogenated alkanes) is 3. The molecule has 0 radical (unpaired) electrons.